The van der Waals surface area contributed by atoms with Crippen LogP contribution in [0.1, 0.15) is 11.3 Å². The van der Waals surface area contributed by atoms with Crippen molar-refractivity contribution in [3.8, 4) is 11.5 Å². The molecular formula is C37H27N3. The summed E-state index contributed by atoms with van der Waals surface area (Å²) >= 11 is 0. The zero-order valence-electron chi connectivity index (χ0n) is 22.0. The van der Waals surface area contributed by atoms with Crippen LogP contribution in [-0.4, -0.2) is 14.1 Å². The zero-order chi connectivity index (χ0) is 26.5. The summed E-state index contributed by atoms with van der Waals surface area (Å²) in [6.45, 7) is 0. The average Bonchev–Trinajstić information content (AvgIpc) is 3.54. The molecule has 8 rings (SSSR count). The normalized spacial score (nSPS) is 11.7. The molecule has 0 atom stereocenters. The summed E-state index contributed by atoms with van der Waals surface area (Å²) in [6.07, 6.45) is 1.87. The minimum atomic E-state index is 0.897. The number of benzene rings is 5. The van der Waals surface area contributed by atoms with Crippen molar-refractivity contribution in [3.05, 3.63) is 151 Å². The van der Waals surface area contributed by atoms with Crippen LogP contribution in [0.5, 0.6) is 0 Å². The lowest BCUT2D eigenvalue weighted by atomic mass is 10.1. The minimum Gasteiger partial charge on any atom is -0.307 e. The predicted molar refractivity (Wildman–Crippen MR) is 167 cm³/mol. The number of hydrogen-bond donors (Lipinski definition) is 0. The van der Waals surface area contributed by atoms with Crippen molar-refractivity contribution in [1.29, 1.82) is 0 Å². The maximum Gasteiger partial charge on any atom is 0.137 e. The first-order valence-electron chi connectivity index (χ1n) is 13.9. The van der Waals surface area contributed by atoms with Gasteiger partial charge in [0.25, 0.3) is 0 Å². The standard InChI is InChI=1S/C37H27N3/c1-3-12-26(13-4-1)22-23-27-14-11-21-35(38-27)40-34-20-10-8-18-30(34)32-25-24-31-29-17-7-9-19-33(29)39(36(31)37(32)40)28-15-5-2-6-16-28/h1-21,24-25H,22-23H2. The molecule has 0 N–H and O–H groups in total. The van der Waals surface area contributed by atoms with E-state index in [1.54, 1.807) is 0 Å². The quantitative estimate of drug-likeness (QED) is 0.225. The van der Waals surface area contributed by atoms with Crippen molar-refractivity contribution in [3.63, 3.8) is 0 Å². The second-order valence-corrected chi connectivity index (χ2v) is 10.4. The SMILES string of the molecule is c1ccc(CCc2cccc(-n3c4ccccc4c4ccc5c6ccccc6n(-c6ccccc6)c5c43)n2)cc1. The van der Waals surface area contributed by atoms with Crippen molar-refractivity contribution in [2.75, 3.05) is 0 Å². The van der Waals surface area contributed by atoms with Gasteiger partial charge in [0.05, 0.1) is 22.1 Å². The molecule has 0 unspecified atom stereocenters. The molecule has 0 aliphatic carbocycles. The molecule has 0 radical (unpaired) electrons. The number of para-hydroxylation sites is 3. The third kappa shape index (κ3) is 3.55. The van der Waals surface area contributed by atoms with Gasteiger partial charge >= 0.3 is 0 Å². The van der Waals surface area contributed by atoms with Gasteiger partial charge in [-0.3, -0.25) is 4.57 Å². The molecule has 0 fully saturated rings. The number of pyridine rings is 1. The molecule has 3 heterocycles. The summed E-state index contributed by atoms with van der Waals surface area (Å²) in [4.78, 5) is 5.25. The summed E-state index contributed by atoms with van der Waals surface area (Å²) < 4.78 is 4.79. The highest BCUT2D eigenvalue weighted by molar-refractivity contribution is 6.23. The molecule has 0 aliphatic rings. The van der Waals surface area contributed by atoms with Crippen LogP contribution >= 0.6 is 0 Å². The Morgan fingerprint density at radius 1 is 0.425 bits per heavy atom. The molecule has 190 valence electrons. The summed E-state index contributed by atoms with van der Waals surface area (Å²) in [7, 11) is 0. The van der Waals surface area contributed by atoms with Crippen LogP contribution in [-0.2, 0) is 12.8 Å². The van der Waals surface area contributed by atoms with E-state index in [1.807, 2.05) is 0 Å². The first kappa shape index (κ1) is 22.8. The lowest BCUT2D eigenvalue weighted by Crippen LogP contribution is -2.03. The molecule has 40 heavy (non-hydrogen) atoms. The van der Waals surface area contributed by atoms with Gasteiger partial charge in [-0.2, -0.15) is 0 Å². The molecule has 0 amide bonds. The van der Waals surface area contributed by atoms with E-state index >= 15 is 0 Å². The lowest BCUT2D eigenvalue weighted by Gasteiger charge is -2.12. The van der Waals surface area contributed by atoms with Gasteiger partial charge in [0.2, 0.25) is 0 Å². The number of nitrogens with zero attached hydrogens (tertiary/aromatic N) is 3. The smallest absolute Gasteiger partial charge is 0.137 e. The van der Waals surface area contributed by atoms with Crippen LogP contribution in [0.4, 0.5) is 0 Å². The lowest BCUT2D eigenvalue weighted by molar-refractivity contribution is 0.898. The van der Waals surface area contributed by atoms with Crippen LogP contribution < -0.4 is 0 Å². The van der Waals surface area contributed by atoms with Gasteiger partial charge in [-0.15, -0.1) is 0 Å². The third-order valence-electron chi connectivity index (χ3n) is 8.02. The van der Waals surface area contributed by atoms with Crippen LogP contribution in [0.3, 0.4) is 0 Å². The highest BCUT2D eigenvalue weighted by atomic mass is 15.1. The molecule has 0 aliphatic heterocycles. The number of rotatable bonds is 5. The van der Waals surface area contributed by atoms with Gasteiger partial charge in [0, 0.05) is 32.9 Å². The van der Waals surface area contributed by atoms with E-state index < -0.39 is 0 Å². The Kier molecular flexibility index (Phi) is 5.27. The third-order valence-corrected chi connectivity index (χ3v) is 8.02. The Bertz CT molecular complexity index is 2150. The number of hydrogen-bond acceptors (Lipinski definition) is 1. The van der Waals surface area contributed by atoms with Crippen molar-refractivity contribution in [1.82, 2.24) is 14.1 Å². The predicted octanol–water partition coefficient (Wildman–Crippen LogP) is 9.06. The van der Waals surface area contributed by atoms with Gasteiger partial charge in [0.15, 0.2) is 0 Å². The molecule has 3 nitrogen and oxygen atoms in total. The summed E-state index contributed by atoms with van der Waals surface area (Å²) in [6, 6.07) is 49.8. The number of aryl methyl sites for hydroxylation is 2. The topological polar surface area (TPSA) is 22.8 Å². The van der Waals surface area contributed by atoms with Crippen molar-refractivity contribution in [2.45, 2.75) is 12.8 Å². The van der Waals surface area contributed by atoms with Crippen LogP contribution in [0.25, 0.3) is 55.1 Å². The van der Waals surface area contributed by atoms with Crippen molar-refractivity contribution in [2.24, 2.45) is 0 Å². The second kappa shape index (κ2) is 9.25. The fourth-order valence-corrected chi connectivity index (χ4v) is 6.23. The molecule has 3 aromatic heterocycles. The average molecular weight is 514 g/mol. The fraction of sp³-hybridized carbons (Fsp3) is 0.0541. The Morgan fingerprint density at radius 2 is 1.00 bits per heavy atom. The summed E-state index contributed by atoms with van der Waals surface area (Å²) in [5.41, 5.74) is 8.36. The second-order valence-electron chi connectivity index (χ2n) is 10.4. The highest BCUT2D eigenvalue weighted by Gasteiger charge is 2.21. The maximum atomic E-state index is 5.25. The summed E-state index contributed by atoms with van der Waals surface area (Å²) in [5.74, 6) is 0.953. The van der Waals surface area contributed by atoms with Crippen molar-refractivity contribution < 1.29 is 0 Å². The first-order chi connectivity index (χ1) is 19.9. The van der Waals surface area contributed by atoms with Crippen LogP contribution in [0.2, 0.25) is 0 Å². The van der Waals surface area contributed by atoms with E-state index in [0.717, 1.165) is 30.0 Å². The van der Waals surface area contributed by atoms with E-state index in [2.05, 4.69) is 149 Å². The molecular weight excluding hydrogens is 486 g/mol. The Hall–Kier alpha value is -5.15. The van der Waals surface area contributed by atoms with Gasteiger partial charge in [-0.1, -0.05) is 103 Å². The van der Waals surface area contributed by atoms with E-state index in [0.29, 0.717) is 0 Å². The van der Waals surface area contributed by atoms with E-state index in [-0.39, 0.29) is 0 Å². The minimum absolute atomic E-state index is 0.897. The molecule has 8 aromatic rings. The fourth-order valence-electron chi connectivity index (χ4n) is 6.23. The Balaban J connectivity index is 1.44. The van der Waals surface area contributed by atoms with Gasteiger partial charge in [0.1, 0.15) is 5.82 Å². The zero-order valence-corrected chi connectivity index (χ0v) is 22.0. The maximum absolute atomic E-state index is 5.25. The molecule has 3 heteroatoms. The number of fused-ring (bicyclic) bond motifs is 7. The first-order valence-corrected chi connectivity index (χ1v) is 13.9. The van der Waals surface area contributed by atoms with Crippen molar-refractivity contribution >= 4 is 43.6 Å². The largest absolute Gasteiger partial charge is 0.307 e. The van der Waals surface area contributed by atoms with Crippen LogP contribution in [0.15, 0.2) is 140 Å². The molecule has 0 saturated heterocycles. The molecule has 0 bridgehead atoms. The highest BCUT2D eigenvalue weighted by Crippen LogP contribution is 2.41. The van der Waals surface area contributed by atoms with E-state index in [9.17, 15) is 0 Å². The Labute approximate surface area is 232 Å². The van der Waals surface area contributed by atoms with Gasteiger partial charge in [-0.25, -0.2) is 4.98 Å². The number of aromatic nitrogens is 3. The van der Waals surface area contributed by atoms with E-state index in [1.165, 1.54) is 49.2 Å². The van der Waals surface area contributed by atoms with Gasteiger partial charge in [-0.05, 0) is 54.8 Å². The summed E-state index contributed by atoms with van der Waals surface area (Å²) in [5, 5.41) is 4.97. The molecule has 0 saturated carbocycles. The molecule has 0 spiro atoms. The molecule has 5 aromatic carbocycles. The monoisotopic (exact) mass is 513 g/mol. The Morgan fingerprint density at radius 3 is 1.70 bits per heavy atom. The van der Waals surface area contributed by atoms with E-state index in [4.69, 9.17) is 4.98 Å². The van der Waals surface area contributed by atoms with Crippen LogP contribution in [0, 0.1) is 0 Å². The van der Waals surface area contributed by atoms with Gasteiger partial charge < -0.3 is 4.57 Å².